The summed E-state index contributed by atoms with van der Waals surface area (Å²) in [5, 5.41) is 3.44. The summed E-state index contributed by atoms with van der Waals surface area (Å²) < 4.78 is 5.21. The first-order valence-corrected chi connectivity index (χ1v) is 6.26. The molecule has 0 saturated carbocycles. The van der Waals surface area contributed by atoms with Gasteiger partial charge < -0.3 is 10.1 Å². The molecule has 2 rings (SSSR count). The van der Waals surface area contributed by atoms with Gasteiger partial charge in [-0.15, -0.1) is 0 Å². The number of rotatable bonds is 6. The van der Waals surface area contributed by atoms with Gasteiger partial charge in [0.05, 0.1) is 7.11 Å². The number of hydrogen-bond donors (Lipinski definition) is 1. The van der Waals surface area contributed by atoms with Gasteiger partial charge in [-0.1, -0.05) is 17.7 Å². The molecule has 0 aliphatic heterocycles. The van der Waals surface area contributed by atoms with Crippen LogP contribution in [0.15, 0.2) is 30.0 Å². The molecule has 92 valence electrons. The van der Waals surface area contributed by atoms with Gasteiger partial charge in [0.25, 0.3) is 0 Å². The number of methoxy groups -OCH3 is 1. The first-order valence-electron chi connectivity index (χ1n) is 6.26. The average molecular weight is 232 g/mol. The zero-order valence-electron chi connectivity index (χ0n) is 10.4. The fourth-order valence-electron chi connectivity index (χ4n) is 2.18. The maximum atomic E-state index is 5.21. The lowest BCUT2D eigenvalue weighted by Gasteiger charge is -2.08. The van der Waals surface area contributed by atoms with Crippen LogP contribution in [0.4, 0.5) is 0 Å². The van der Waals surface area contributed by atoms with Crippen molar-refractivity contribution in [3.8, 4) is 5.88 Å². The summed E-state index contributed by atoms with van der Waals surface area (Å²) >= 11 is 0. The van der Waals surface area contributed by atoms with Gasteiger partial charge in [0, 0.05) is 18.3 Å². The van der Waals surface area contributed by atoms with E-state index in [1.54, 1.807) is 18.9 Å². The molecule has 0 amide bonds. The predicted octanol–water partition coefficient (Wildman–Crippen LogP) is 2.68. The Morgan fingerprint density at radius 3 is 3.18 bits per heavy atom. The van der Waals surface area contributed by atoms with Crippen molar-refractivity contribution in [1.82, 2.24) is 10.3 Å². The summed E-state index contributed by atoms with van der Waals surface area (Å²) in [5.74, 6) is 0.722. The molecule has 0 spiro atoms. The van der Waals surface area contributed by atoms with Crippen molar-refractivity contribution in [2.45, 2.75) is 32.2 Å². The molecule has 1 heterocycles. The highest BCUT2D eigenvalue weighted by Crippen LogP contribution is 2.20. The van der Waals surface area contributed by atoms with Gasteiger partial charge >= 0.3 is 0 Å². The van der Waals surface area contributed by atoms with Crippen LogP contribution in [-0.2, 0) is 6.54 Å². The number of allylic oxidation sites excluding steroid dienone is 1. The third kappa shape index (κ3) is 3.56. The second-order valence-corrected chi connectivity index (χ2v) is 4.35. The molecule has 0 fully saturated rings. The van der Waals surface area contributed by atoms with Crippen molar-refractivity contribution < 1.29 is 4.74 Å². The summed E-state index contributed by atoms with van der Waals surface area (Å²) in [6, 6.07) is 3.99. The SMILES string of the molecule is COc1ncccc1CNCCC1=CCCC1. The minimum atomic E-state index is 0.722. The number of pyridine rings is 1. The molecule has 3 heteroatoms. The van der Waals surface area contributed by atoms with E-state index in [0.29, 0.717) is 0 Å². The zero-order chi connectivity index (χ0) is 11.9. The Morgan fingerprint density at radius 2 is 2.41 bits per heavy atom. The summed E-state index contributed by atoms with van der Waals surface area (Å²) in [6.07, 6.45) is 9.20. The monoisotopic (exact) mass is 232 g/mol. The molecule has 1 aliphatic rings. The quantitative estimate of drug-likeness (QED) is 0.605. The maximum absolute atomic E-state index is 5.21. The molecule has 0 radical (unpaired) electrons. The minimum Gasteiger partial charge on any atom is -0.481 e. The van der Waals surface area contributed by atoms with Crippen molar-refractivity contribution in [2.75, 3.05) is 13.7 Å². The van der Waals surface area contributed by atoms with Crippen LogP contribution < -0.4 is 10.1 Å². The molecule has 1 aromatic rings. The first-order chi connectivity index (χ1) is 8.40. The molecule has 0 saturated heterocycles. The lowest BCUT2D eigenvalue weighted by Crippen LogP contribution is -2.15. The van der Waals surface area contributed by atoms with E-state index < -0.39 is 0 Å². The second-order valence-electron chi connectivity index (χ2n) is 4.35. The van der Waals surface area contributed by atoms with E-state index in [1.807, 2.05) is 12.1 Å². The Morgan fingerprint density at radius 1 is 1.47 bits per heavy atom. The van der Waals surface area contributed by atoms with Crippen molar-refractivity contribution in [1.29, 1.82) is 0 Å². The number of ether oxygens (including phenoxy) is 1. The smallest absolute Gasteiger partial charge is 0.217 e. The Balaban J connectivity index is 1.74. The van der Waals surface area contributed by atoms with Gasteiger partial charge in [-0.25, -0.2) is 4.98 Å². The van der Waals surface area contributed by atoms with Gasteiger partial charge in [0.15, 0.2) is 0 Å². The molecule has 0 atom stereocenters. The number of nitrogens with zero attached hydrogens (tertiary/aromatic N) is 1. The fourth-order valence-corrected chi connectivity index (χ4v) is 2.18. The van der Waals surface area contributed by atoms with Crippen LogP contribution in [0.3, 0.4) is 0 Å². The zero-order valence-corrected chi connectivity index (χ0v) is 10.4. The number of aromatic nitrogens is 1. The Bertz CT molecular complexity index is 388. The van der Waals surface area contributed by atoms with Crippen molar-refractivity contribution >= 4 is 0 Å². The highest BCUT2D eigenvalue weighted by atomic mass is 16.5. The number of nitrogens with one attached hydrogen (secondary N) is 1. The van der Waals surface area contributed by atoms with Crippen LogP contribution in [-0.4, -0.2) is 18.6 Å². The lowest BCUT2D eigenvalue weighted by atomic mass is 10.1. The molecule has 1 aromatic heterocycles. The summed E-state index contributed by atoms with van der Waals surface area (Å²) in [6.45, 7) is 1.86. The summed E-state index contributed by atoms with van der Waals surface area (Å²) in [4.78, 5) is 4.18. The first kappa shape index (κ1) is 12.1. The molecule has 3 nitrogen and oxygen atoms in total. The van der Waals surface area contributed by atoms with Crippen molar-refractivity contribution in [3.63, 3.8) is 0 Å². The van der Waals surface area contributed by atoms with Crippen LogP contribution in [0.5, 0.6) is 5.88 Å². The van der Waals surface area contributed by atoms with Gasteiger partial charge in [0.2, 0.25) is 5.88 Å². The Hall–Kier alpha value is -1.35. The molecule has 0 bridgehead atoms. The van der Waals surface area contributed by atoms with E-state index in [0.717, 1.165) is 24.5 Å². The van der Waals surface area contributed by atoms with Gasteiger partial charge in [0.1, 0.15) is 0 Å². The van der Waals surface area contributed by atoms with Crippen LogP contribution in [0.1, 0.15) is 31.2 Å². The van der Waals surface area contributed by atoms with Crippen LogP contribution in [0.2, 0.25) is 0 Å². The second kappa shape index (κ2) is 6.40. The maximum Gasteiger partial charge on any atom is 0.217 e. The van der Waals surface area contributed by atoms with Gasteiger partial charge in [-0.3, -0.25) is 0 Å². The molecule has 0 unspecified atom stereocenters. The predicted molar refractivity (Wildman–Crippen MR) is 69.0 cm³/mol. The summed E-state index contributed by atoms with van der Waals surface area (Å²) in [5.41, 5.74) is 2.73. The van der Waals surface area contributed by atoms with E-state index >= 15 is 0 Å². The molecular formula is C14H20N2O. The van der Waals surface area contributed by atoms with E-state index in [2.05, 4.69) is 16.4 Å². The van der Waals surface area contributed by atoms with E-state index in [1.165, 1.54) is 25.7 Å². The third-order valence-corrected chi connectivity index (χ3v) is 3.12. The van der Waals surface area contributed by atoms with E-state index in [9.17, 15) is 0 Å². The largest absolute Gasteiger partial charge is 0.481 e. The highest BCUT2D eigenvalue weighted by molar-refractivity contribution is 5.25. The fraction of sp³-hybridized carbons (Fsp3) is 0.500. The Kier molecular flexibility index (Phi) is 4.56. The van der Waals surface area contributed by atoms with Crippen LogP contribution in [0.25, 0.3) is 0 Å². The Labute approximate surface area is 103 Å². The van der Waals surface area contributed by atoms with Crippen LogP contribution >= 0.6 is 0 Å². The standard InChI is InChI=1S/C14H20N2O/c1-17-14-13(7-4-9-16-14)11-15-10-8-12-5-2-3-6-12/h4-5,7,9,15H,2-3,6,8,10-11H2,1H3. The van der Waals surface area contributed by atoms with Crippen molar-refractivity contribution in [2.24, 2.45) is 0 Å². The van der Waals surface area contributed by atoms with Crippen LogP contribution in [0, 0.1) is 0 Å². The van der Waals surface area contributed by atoms with E-state index in [-0.39, 0.29) is 0 Å². The highest BCUT2D eigenvalue weighted by Gasteiger charge is 2.05. The number of hydrogen-bond acceptors (Lipinski definition) is 3. The molecule has 1 N–H and O–H groups in total. The van der Waals surface area contributed by atoms with Crippen molar-refractivity contribution in [3.05, 3.63) is 35.5 Å². The molecule has 0 aromatic carbocycles. The van der Waals surface area contributed by atoms with Gasteiger partial charge in [-0.2, -0.15) is 0 Å². The normalized spacial score (nSPS) is 14.8. The molecule has 17 heavy (non-hydrogen) atoms. The average Bonchev–Trinajstić information content (AvgIpc) is 2.88. The minimum absolute atomic E-state index is 0.722. The van der Waals surface area contributed by atoms with Gasteiger partial charge in [-0.05, 0) is 38.3 Å². The molecular weight excluding hydrogens is 212 g/mol. The lowest BCUT2D eigenvalue weighted by molar-refractivity contribution is 0.390. The third-order valence-electron chi connectivity index (χ3n) is 3.12. The molecule has 1 aliphatic carbocycles. The topological polar surface area (TPSA) is 34.1 Å². The summed E-state index contributed by atoms with van der Waals surface area (Å²) in [7, 11) is 1.66. The van der Waals surface area contributed by atoms with E-state index in [4.69, 9.17) is 4.74 Å².